The van der Waals surface area contributed by atoms with Gasteiger partial charge in [-0.25, -0.2) is 23.9 Å². The van der Waals surface area contributed by atoms with Crippen molar-refractivity contribution in [3.8, 4) is 10.6 Å². The third-order valence-electron chi connectivity index (χ3n) is 5.38. The predicted molar refractivity (Wildman–Crippen MR) is 121 cm³/mol. The summed E-state index contributed by atoms with van der Waals surface area (Å²) in [7, 11) is 0. The average Bonchev–Trinajstić information content (AvgIpc) is 3.39. The molecule has 2 aromatic heterocycles. The molecule has 4 rings (SSSR count). The lowest BCUT2D eigenvalue weighted by Gasteiger charge is -2.33. The van der Waals surface area contributed by atoms with Crippen molar-refractivity contribution in [3.63, 3.8) is 0 Å². The Morgan fingerprint density at radius 1 is 1.35 bits per heavy atom. The SMILES string of the molecule is CC(C)(C)OC(=O)N[C@H]1COCC[C@H]1Nc1nc(-c2cccs2)c2c(c1F)CN(C(=O)O)C2=O. The number of amides is 3. The van der Waals surface area contributed by atoms with E-state index >= 15 is 4.39 Å². The molecule has 3 amide bonds. The molecule has 1 fully saturated rings. The van der Waals surface area contributed by atoms with Crippen LogP contribution in [0.1, 0.15) is 43.1 Å². The molecule has 2 aliphatic rings. The molecule has 0 saturated carbocycles. The van der Waals surface area contributed by atoms with Crippen LogP contribution in [-0.4, -0.2) is 64.0 Å². The van der Waals surface area contributed by atoms with Gasteiger partial charge in [-0.05, 0) is 38.6 Å². The number of nitrogens with one attached hydrogen (secondary N) is 2. The molecule has 10 nitrogen and oxygen atoms in total. The molecule has 2 aliphatic heterocycles. The maximum atomic E-state index is 15.5. The van der Waals surface area contributed by atoms with E-state index in [9.17, 15) is 19.5 Å². The third-order valence-corrected chi connectivity index (χ3v) is 6.25. The highest BCUT2D eigenvalue weighted by Crippen LogP contribution is 2.37. The lowest BCUT2D eigenvalue weighted by Crippen LogP contribution is -2.53. The largest absolute Gasteiger partial charge is 0.465 e. The van der Waals surface area contributed by atoms with Gasteiger partial charge in [-0.2, -0.15) is 0 Å². The van der Waals surface area contributed by atoms with Gasteiger partial charge in [0.15, 0.2) is 11.6 Å². The topological polar surface area (TPSA) is 130 Å². The van der Waals surface area contributed by atoms with Crippen LogP contribution in [0.2, 0.25) is 0 Å². The van der Waals surface area contributed by atoms with Gasteiger partial charge in [-0.15, -0.1) is 11.3 Å². The van der Waals surface area contributed by atoms with Crippen molar-refractivity contribution in [2.45, 2.75) is 51.4 Å². The Labute approximate surface area is 199 Å². The summed E-state index contributed by atoms with van der Waals surface area (Å²) in [5.74, 6) is -1.72. The van der Waals surface area contributed by atoms with Crippen LogP contribution < -0.4 is 10.6 Å². The van der Waals surface area contributed by atoms with E-state index in [1.165, 1.54) is 11.3 Å². The first-order valence-electron chi connectivity index (χ1n) is 10.7. The Balaban J connectivity index is 1.66. The number of anilines is 1. The number of alkyl carbamates (subject to hydrolysis) is 1. The van der Waals surface area contributed by atoms with Gasteiger partial charge in [0.1, 0.15) is 5.60 Å². The Morgan fingerprint density at radius 2 is 2.12 bits per heavy atom. The molecular weight excluding hydrogens is 467 g/mol. The number of thiophene rings is 1. The molecule has 182 valence electrons. The molecule has 2 atom stereocenters. The van der Waals surface area contributed by atoms with E-state index in [4.69, 9.17) is 9.47 Å². The summed E-state index contributed by atoms with van der Waals surface area (Å²) < 4.78 is 26.3. The minimum atomic E-state index is -1.46. The van der Waals surface area contributed by atoms with Crippen molar-refractivity contribution in [2.75, 3.05) is 18.5 Å². The maximum Gasteiger partial charge on any atom is 0.414 e. The Kier molecular flexibility index (Phi) is 6.45. The van der Waals surface area contributed by atoms with Crippen molar-refractivity contribution < 1.29 is 33.4 Å². The summed E-state index contributed by atoms with van der Waals surface area (Å²) in [5.41, 5.74) is -0.555. The molecule has 0 unspecified atom stereocenters. The number of fused-ring (bicyclic) bond motifs is 1. The van der Waals surface area contributed by atoms with Crippen LogP contribution >= 0.6 is 11.3 Å². The first-order valence-corrected chi connectivity index (χ1v) is 11.6. The predicted octanol–water partition coefficient (Wildman–Crippen LogP) is 3.68. The number of hydrogen-bond donors (Lipinski definition) is 3. The van der Waals surface area contributed by atoms with Gasteiger partial charge in [0, 0.05) is 12.2 Å². The van der Waals surface area contributed by atoms with Crippen molar-refractivity contribution in [1.29, 1.82) is 0 Å². The second-order valence-electron chi connectivity index (χ2n) is 8.99. The van der Waals surface area contributed by atoms with E-state index in [2.05, 4.69) is 15.6 Å². The number of aromatic nitrogens is 1. The standard InChI is InChI=1S/C22H25FN4O6S/c1-22(2,3)33-20(29)25-13-10-32-7-6-12(13)24-18-16(23)11-9-27(21(30)31)19(28)15(11)17(26-18)14-5-4-8-34-14/h4-5,8,12-13H,6-7,9-10H2,1-3H3,(H,24,26)(H,25,29)(H,30,31)/t12-,13+/m1/s1. The number of imide groups is 1. The highest BCUT2D eigenvalue weighted by atomic mass is 32.1. The van der Waals surface area contributed by atoms with E-state index < -0.39 is 48.1 Å². The molecule has 0 radical (unpaired) electrons. The molecule has 0 bridgehead atoms. The van der Waals surface area contributed by atoms with E-state index in [0.29, 0.717) is 22.8 Å². The molecule has 12 heteroatoms. The Bertz CT molecular complexity index is 1120. The van der Waals surface area contributed by atoms with Gasteiger partial charge in [0.2, 0.25) is 0 Å². The molecule has 3 N–H and O–H groups in total. The van der Waals surface area contributed by atoms with E-state index in [-0.39, 0.29) is 29.2 Å². The molecule has 34 heavy (non-hydrogen) atoms. The van der Waals surface area contributed by atoms with Crippen molar-refractivity contribution in [1.82, 2.24) is 15.2 Å². The van der Waals surface area contributed by atoms with Gasteiger partial charge in [0.25, 0.3) is 5.91 Å². The number of carbonyl (C=O) groups excluding carboxylic acids is 2. The minimum absolute atomic E-state index is 0.0305. The molecule has 0 aliphatic carbocycles. The highest BCUT2D eigenvalue weighted by Gasteiger charge is 2.39. The Morgan fingerprint density at radius 3 is 2.76 bits per heavy atom. The van der Waals surface area contributed by atoms with Gasteiger partial charge in [-0.1, -0.05) is 6.07 Å². The number of carboxylic acid groups (broad SMARTS) is 1. The molecule has 1 saturated heterocycles. The monoisotopic (exact) mass is 492 g/mol. The van der Waals surface area contributed by atoms with E-state index in [1.54, 1.807) is 38.3 Å². The fraction of sp³-hybridized carbons (Fsp3) is 0.455. The molecule has 0 aromatic carbocycles. The maximum absolute atomic E-state index is 15.5. The second-order valence-corrected chi connectivity index (χ2v) is 9.94. The van der Waals surface area contributed by atoms with Crippen molar-refractivity contribution in [2.24, 2.45) is 0 Å². The second kappa shape index (κ2) is 9.18. The summed E-state index contributed by atoms with van der Waals surface area (Å²) in [5, 5.41) is 17.0. The number of carbonyl (C=O) groups is 3. The fourth-order valence-electron chi connectivity index (χ4n) is 3.89. The zero-order valence-electron chi connectivity index (χ0n) is 18.9. The zero-order chi connectivity index (χ0) is 24.6. The van der Waals surface area contributed by atoms with Gasteiger partial charge in [-0.3, -0.25) is 4.79 Å². The van der Waals surface area contributed by atoms with Crippen molar-refractivity contribution >= 4 is 35.2 Å². The fourth-order valence-corrected chi connectivity index (χ4v) is 4.61. The highest BCUT2D eigenvalue weighted by molar-refractivity contribution is 7.13. The lowest BCUT2D eigenvalue weighted by molar-refractivity contribution is 0.0317. The normalized spacial score (nSPS) is 20.1. The summed E-state index contributed by atoms with van der Waals surface area (Å²) in [4.78, 5) is 42.1. The van der Waals surface area contributed by atoms with Gasteiger partial charge < -0.3 is 25.2 Å². The number of rotatable bonds is 4. The summed E-state index contributed by atoms with van der Waals surface area (Å²) in [6.07, 6.45) is -1.63. The molecule has 2 aromatic rings. The molecule has 0 spiro atoms. The number of nitrogens with zero attached hydrogens (tertiary/aromatic N) is 2. The average molecular weight is 493 g/mol. The Hall–Kier alpha value is -3.25. The van der Waals surface area contributed by atoms with E-state index in [1.807, 2.05) is 0 Å². The van der Waals surface area contributed by atoms with Crippen LogP contribution in [0.3, 0.4) is 0 Å². The summed E-state index contributed by atoms with van der Waals surface area (Å²) >= 11 is 1.30. The molecular formula is C22H25FN4O6S. The number of pyridine rings is 1. The lowest BCUT2D eigenvalue weighted by atomic mass is 10.0. The van der Waals surface area contributed by atoms with Crippen LogP contribution in [-0.2, 0) is 16.0 Å². The quantitative estimate of drug-likeness (QED) is 0.589. The van der Waals surface area contributed by atoms with Crippen LogP contribution in [0.4, 0.5) is 19.8 Å². The van der Waals surface area contributed by atoms with Crippen LogP contribution in [0.5, 0.6) is 0 Å². The van der Waals surface area contributed by atoms with Gasteiger partial charge >= 0.3 is 12.2 Å². The summed E-state index contributed by atoms with van der Waals surface area (Å²) in [6, 6.07) is 2.52. The minimum Gasteiger partial charge on any atom is -0.465 e. The number of hydrogen-bond acceptors (Lipinski definition) is 8. The first kappa shape index (κ1) is 23.9. The first-order chi connectivity index (χ1) is 16.0. The van der Waals surface area contributed by atoms with Gasteiger partial charge in [0.05, 0.1) is 41.4 Å². The van der Waals surface area contributed by atoms with E-state index in [0.717, 1.165) is 0 Å². The van der Waals surface area contributed by atoms with Crippen LogP contribution in [0, 0.1) is 5.82 Å². The summed E-state index contributed by atoms with van der Waals surface area (Å²) in [6.45, 7) is 5.41. The van der Waals surface area contributed by atoms with Crippen LogP contribution in [0.15, 0.2) is 17.5 Å². The van der Waals surface area contributed by atoms with Crippen molar-refractivity contribution in [3.05, 3.63) is 34.5 Å². The van der Waals surface area contributed by atoms with Crippen LogP contribution in [0.25, 0.3) is 10.6 Å². The zero-order valence-corrected chi connectivity index (χ0v) is 19.7. The smallest absolute Gasteiger partial charge is 0.414 e. The molecule has 4 heterocycles. The third kappa shape index (κ3) is 4.82. The number of ether oxygens (including phenoxy) is 2. The number of halogens is 1.